The van der Waals surface area contributed by atoms with Crippen LogP contribution >= 0.6 is 0 Å². The zero-order chi connectivity index (χ0) is 18.5. The Balaban J connectivity index is 1.84. The molecule has 0 radical (unpaired) electrons. The summed E-state index contributed by atoms with van der Waals surface area (Å²) in [6, 6.07) is 16.9. The maximum atomic E-state index is 9.38. The van der Waals surface area contributed by atoms with Gasteiger partial charge in [0.25, 0.3) is 0 Å². The van der Waals surface area contributed by atoms with E-state index in [9.17, 15) is 5.26 Å². The van der Waals surface area contributed by atoms with Gasteiger partial charge in [0.1, 0.15) is 11.9 Å². The normalized spacial score (nSPS) is 9.85. The highest BCUT2D eigenvalue weighted by atomic mass is 15.1. The molecule has 2 aromatic carbocycles. The van der Waals surface area contributed by atoms with Gasteiger partial charge in [-0.05, 0) is 61.4 Å². The number of rotatable bonds is 4. The summed E-state index contributed by atoms with van der Waals surface area (Å²) < 4.78 is 0. The van der Waals surface area contributed by atoms with Crippen molar-refractivity contribution in [2.75, 3.05) is 10.6 Å². The van der Waals surface area contributed by atoms with Crippen molar-refractivity contribution in [1.29, 1.82) is 10.5 Å². The Bertz CT molecular complexity index is 1030. The minimum Gasteiger partial charge on any atom is -0.339 e. The SMILES string of the molecule is Cc1cc(C)c(Nc2ccnc(Nc3ccc(C#N)cc3)n2)c(C#N)c1. The van der Waals surface area contributed by atoms with E-state index in [2.05, 4.69) is 32.7 Å². The molecule has 126 valence electrons. The minimum absolute atomic E-state index is 0.419. The third-order valence-corrected chi connectivity index (χ3v) is 3.78. The number of aryl methyl sites for hydroxylation is 2. The van der Waals surface area contributed by atoms with E-state index in [-0.39, 0.29) is 0 Å². The van der Waals surface area contributed by atoms with Crippen LogP contribution in [0.5, 0.6) is 0 Å². The molecule has 3 aromatic rings. The standard InChI is InChI=1S/C20H16N6/c1-13-9-14(2)19(16(10-13)12-22)25-18-7-8-23-20(26-18)24-17-5-3-15(11-21)4-6-17/h3-10H,1-2H3,(H2,23,24,25,26). The first-order chi connectivity index (χ1) is 12.6. The fourth-order valence-electron chi connectivity index (χ4n) is 2.60. The Labute approximate surface area is 151 Å². The fraction of sp³-hybridized carbons (Fsp3) is 0.100. The van der Waals surface area contributed by atoms with Crippen molar-refractivity contribution in [3.05, 3.63) is 70.9 Å². The molecule has 0 aliphatic rings. The van der Waals surface area contributed by atoms with E-state index in [1.807, 2.05) is 26.0 Å². The fourth-order valence-corrected chi connectivity index (χ4v) is 2.60. The second kappa shape index (κ2) is 7.33. The Morgan fingerprint density at radius 1 is 0.923 bits per heavy atom. The molecule has 0 aliphatic carbocycles. The molecule has 0 aliphatic heterocycles. The number of nitriles is 2. The largest absolute Gasteiger partial charge is 0.339 e. The topological polar surface area (TPSA) is 97.4 Å². The molecule has 0 spiro atoms. The van der Waals surface area contributed by atoms with Crippen LogP contribution in [0.4, 0.5) is 23.1 Å². The summed E-state index contributed by atoms with van der Waals surface area (Å²) in [5.41, 5.74) is 4.69. The molecule has 0 fully saturated rings. The quantitative estimate of drug-likeness (QED) is 0.734. The molecule has 0 amide bonds. The number of anilines is 4. The number of hydrogen-bond donors (Lipinski definition) is 2. The van der Waals surface area contributed by atoms with Gasteiger partial charge in [0.2, 0.25) is 5.95 Å². The molecule has 3 rings (SSSR count). The lowest BCUT2D eigenvalue weighted by atomic mass is 10.0. The van der Waals surface area contributed by atoms with Crippen LogP contribution in [0.1, 0.15) is 22.3 Å². The molecular formula is C20H16N6. The molecule has 1 heterocycles. The Kier molecular flexibility index (Phi) is 4.78. The van der Waals surface area contributed by atoms with E-state index in [0.29, 0.717) is 22.9 Å². The first-order valence-corrected chi connectivity index (χ1v) is 7.97. The lowest BCUT2D eigenvalue weighted by Crippen LogP contribution is -2.03. The molecule has 26 heavy (non-hydrogen) atoms. The van der Waals surface area contributed by atoms with Crippen LogP contribution in [-0.2, 0) is 0 Å². The second-order valence-corrected chi connectivity index (χ2v) is 5.82. The molecule has 2 N–H and O–H groups in total. The molecule has 1 aromatic heterocycles. The lowest BCUT2D eigenvalue weighted by molar-refractivity contribution is 1.16. The zero-order valence-corrected chi connectivity index (χ0v) is 14.4. The Morgan fingerprint density at radius 2 is 1.69 bits per heavy atom. The molecule has 0 atom stereocenters. The van der Waals surface area contributed by atoms with Crippen LogP contribution in [-0.4, -0.2) is 9.97 Å². The average Bonchev–Trinajstić information content (AvgIpc) is 2.64. The monoisotopic (exact) mass is 340 g/mol. The van der Waals surface area contributed by atoms with Gasteiger partial charge in [-0.15, -0.1) is 0 Å². The summed E-state index contributed by atoms with van der Waals surface area (Å²) in [6.45, 7) is 3.91. The van der Waals surface area contributed by atoms with E-state index in [1.54, 1.807) is 36.5 Å². The van der Waals surface area contributed by atoms with E-state index in [0.717, 1.165) is 22.5 Å². The van der Waals surface area contributed by atoms with Gasteiger partial charge < -0.3 is 10.6 Å². The number of nitrogens with one attached hydrogen (secondary N) is 2. The third kappa shape index (κ3) is 3.77. The number of hydrogen-bond acceptors (Lipinski definition) is 6. The summed E-state index contributed by atoms with van der Waals surface area (Å²) in [5.74, 6) is 1.00. The first-order valence-electron chi connectivity index (χ1n) is 7.97. The Morgan fingerprint density at radius 3 is 2.38 bits per heavy atom. The smallest absolute Gasteiger partial charge is 0.229 e. The van der Waals surface area contributed by atoms with Gasteiger partial charge in [-0.25, -0.2) is 4.98 Å². The average molecular weight is 340 g/mol. The summed E-state index contributed by atoms with van der Waals surface area (Å²) in [7, 11) is 0. The summed E-state index contributed by atoms with van der Waals surface area (Å²) in [6.07, 6.45) is 1.64. The molecular weight excluding hydrogens is 324 g/mol. The molecule has 6 heteroatoms. The van der Waals surface area contributed by atoms with E-state index in [4.69, 9.17) is 5.26 Å². The summed E-state index contributed by atoms with van der Waals surface area (Å²) >= 11 is 0. The van der Waals surface area contributed by atoms with Gasteiger partial charge in [0.15, 0.2) is 0 Å². The van der Waals surface area contributed by atoms with E-state index < -0.39 is 0 Å². The third-order valence-electron chi connectivity index (χ3n) is 3.78. The molecule has 6 nitrogen and oxygen atoms in total. The lowest BCUT2D eigenvalue weighted by Gasteiger charge is -2.13. The van der Waals surface area contributed by atoms with Crippen LogP contribution in [0.2, 0.25) is 0 Å². The van der Waals surface area contributed by atoms with Gasteiger partial charge in [0.05, 0.1) is 22.9 Å². The van der Waals surface area contributed by atoms with Crippen molar-refractivity contribution >= 4 is 23.1 Å². The van der Waals surface area contributed by atoms with Crippen LogP contribution < -0.4 is 10.6 Å². The maximum absolute atomic E-state index is 9.38. The van der Waals surface area contributed by atoms with Crippen molar-refractivity contribution in [2.24, 2.45) is 0 Å². The van der Waals surface area contributed by atoms with Gasteiger partial charge in [-0.2, -0.15) is 15.5 Å². The maximum Gasteiger partial charge on any atom is 0.229 e. The Hall–Kier alpha value is -3.90. The molecule has 0 saturated heterocycles. The van der Waals surface area contributed by atoms with Crippen molar-refractivity contribution in [2.45, 2.75) is 13.8 Å². The van der Waals surface area contributed by atoms with Gasteiger partial charge in [-0.3, -0.25) is 0 Å². The minimum atomic E-state index is 0.419. The first kappa shape index (κ1) is 16.9. The number of nitrogens with zero attached hydrogens (tertiary/aromatic N) is 4. The van der Waals surface area contributed by atoms with Crippen molar-refractivity contribution < 1.29 is 0 Å². The summed E-state index contributed by atoms with van der Waals surface area (Å²) in [5, 5.41) is 24.5. The predicted molar refractivity (Wildman–Crippen MR) is 100 cm³/mol. The predicted octanol–water partition coefficient (Wildman–Crippen LogP) is 4.32. The van der Waals surface area contributed by atoms with Crippen LogP contribution in [0, 0.1) is 36.5 Å². The van der Waals surface area contributed by atoms with Crippen LogP contribution in [0.15, 0.2) is 48.7 Å². The number of benzene rings is 2. The van der Waals surface area contributed by atoms with Gasteiger partial charge >= 0.3 is 0 Å². The highest BCUT2D eigenvalue weighted by molar-refractivity contribution is 5.69. The van der Waals surface area contributed by atoms with Crippen LogP contribution in [0.25, 0.3) is 0 Å². The summed E-state index contributed by atoms with van der Waals surface area (Å²) in [4.78, 5) is 8.64. The number of aromatic nitrogens is 2. The van der Waals surface area contributed by atoms with E-state index >= 15 is 0 Å². The molecule has 0 saturated carbocycles. The van der Waals surface area contributed by atoms with Gasteiger partial charge in [-0.1, -0.05) is 6.07 Å². The molecule has 0 bridgehead atoms. The van der Waals surface area contributed by atoms with Gasteiger partial charge in [0, 0.05) is 11.9 Å². The zero-order valence-electron chi connectivity index (χ0n) is 14.4. The highest BCUT2D eigenvalue weighted by Crippen LogP contribution is 2.25. The van der Waals surface area contributed by atoms with Crippen molar-refractivity contribution in [3.8, 4) is 12.1 Å². The second-order valence-electron chi connectivity index (χ2n) is 5.82. The van der Waals surface area contributed by atoms with E-state index in [1.165, 1.54) is 0 Å². The van der Waals surface area contributed by atoms with Crippen molar-refractivity contribution in [3.63, 3.8) is 0 Å². The molecule has 0 unspecified atom stereocenters. The van der Waals surface area contributed by atoms with Crippen LogP contribution in [0.3, 0.4) is 0 Å². The highest BCUT2D eigenvalue weighted by Gasteiger charge is 2.09. The van der Waals surface area contributed by atoms with Crippen molar-refractivity contribution in [1.82, 2.24) is 9.97 Å².